The van der Waals surface area contributed by atoms with Crippen LogP contribution in [-0.4, -0.2) is 24.9 Å². The highest BCUT2D eigenvalue weighted by Crippen LogP contribution is 2.24. The normalized spacial score (nSPS) is 14.1. The maximum Gasteiger partial charge on any atom is 0.287 e. The second kappa shape index (κ2) is 9.60. The number of hydrogen-bond donors (Lipinski definition) is 2. The van der Waals surface area contributed by atoms with Gasteiger partial charge in [-0.25, -0.2) is 0 Å². The predicted molar refractivity (Wildman–Crippen MR) is 104 cm³/mol. The number of rotatable bonds is 8. The van der Waals surface area contributed by atoms with Gasteiger partial charge < -0.3 is 19.8 Å². The lowest BCUT2D eigenvalue weighted by Crippen LogP contribution is -2.36. The summed E-state index contributed by atoms with van der Waals surface area (Å²) in [4.78, 5) is 24.0. The van der Waals surface area contributed by atoms with Gasteiger partial charge >= 0.3 is 0 Å². The second-order valence-electron chi connectivity index (χ2n) is 6.54. The summed E-state index contributed by atoms with van der Waals surface area (Å²) in [5.74, 6) is 1.44. The zero-order valence-electron chi connectivity index (χ0n) is 15.0. The molecule has 2 N–H and O–H groups in total. The van der Waals surface area contributed by atoms with Gasteiger partial charge in [0, 0.05) is 23.5 Å². The van der Waals surface area contributed by atoms with Crippen molar-refractivity contribution >= 4 is 27.7 Å². The molecule has 0 spiro atoms. The van der Waals surface area contributed by atoms with Crippen molar-refractivity contribution in [3.63, 3.8) is 0 Å². The van der Waals surface area contributed by atoms with Crippen LogP contribution in [0.1, 0.15) is 42.0 Å². The van der Waals surface area contributed by atoms with Crippen molar-refractivity contribution in [2.75, 3.05) is 13.1 Å². The minimum atomic E-state index is -0.306. The van der Waals surface area contributed by atoms with Gasteiger partial charge in [-0.1, -0.05) is 28.8 Å². The third-order valence-corrected chi connectivity index (χ3v) is 5.04. The Morgan fingerprint density at radius 2 is 1.74 bits per heavy atom. The third kappa shape index (κ3) is 5.85. The summed E-state index contributed by atoms with van der Waals surface area (Å²) in [6.45, 7) is 1.02. The molecule has 1 aromatic carbocycles. The molecule has 6 nitrogen and oxygen atoms in total. The van der Waals surface area contributed by atoms with Crippen molar-refractivity contribution in [2.45, 2.75) is 32.3 Å². The van der Waals surface area contributed by atoms with E-state index in [-0.39, 0.29) is 30.1 Å². The number of carbonyl (C=O) groups excluding carboxylic acids is 2. The molecule has 2 amide bonds. The molecule has 144 valence electrons. The summed E-state index contributed by atoms with van der Waals surface area (Å²) in [5.41, 5.74) is 0. The van der Waals surface area contributed by atoms with E-state index in [1.807, 2.05) is 24.3 Å². The number of benzene rings is 1. The largest absolute Gasteiger partial charge is 0.486 e. The predicted octanol–water partition coefficient (Wildman–Crippen LogP) is 3.66. The van der Waals surface area contributed by atoms with Gasteiger partial charge in [0.25, 0.3) is 5.91 Å². The van der Waals surface area contributed by atoms with Gasteiger partial charge in [-0.3, -0.25) is 9.59 Å². The Hall–Kier alpha value is -2.28. The monoisotopic (exact) mass is 434 g/mol. The molecule has 1 aliphatic rings. The highest BCUT2D eigenvalue weighted by atomic mass is 79.9. The van der Waals surface area contributed by atoms with Gasteiger partial charge in [-0.05, 0) is 49.2 Å². The van der Waals surface area contributed by atoms with Crippen LogP contribution in [0.2, 0.25) is 0 Å². The molecule has 1 aromatic heterocycles. The number of amides is 2. The van der Waals surface area contributed by atoms with Crippen LogP contribution in [0.25, 0.3) is 0 Å². The molecular formula is C20H23BrN2O4. The van der Waals surface area contributed by atoms with Crippen molar-refractivity contribution in [1.82, 2.24) is 10.6 Å². The van der Waals surface area contributed by atoms with Crippen LogP contribution in [0.5, 0.6) is 5.75 Å². The molecule has 1 heterocycles. The lowest BCUT2D eigenvalue weighted by atomic mass is 10.1. The summed E-state index contributed by atoms with van der Waals surface area (Å²) in [6.07, 6.45) is 4.19. The fourth-order valence-corrected chi connectivity index (χ4v) is 3.31. The molecule has 3 rings (SSSR count). The summed E-state index contributed by atoms with van der Waals surface area (Å²) < 4.78 is 12.1. The maximum atomic E-state index is 12.1. The number of nitrogens with one attached hydrogen (secondary N) is 2. The summed E-state index contributed by atoms with van der Waals surface area (Å²) in [5, 5.41) is 5.62. The molecule has 27 heavy (non-hydrogen) atoms. The first-order valence-corrected chi connectivity index (χ1v) is 9.94. The molecule has 2 aromatic rings. The maximum absolute atomic E-state index is 12.1. The Morgan fingerprint density at radius 1 is 1.04 bits per heavy atom. The van der Waals surface area contributed by atoms with E-state index >= 15 is 0 Å². The van der Waals surface area contributed by atoms with Gasteiger partial charge in [0.1, 0.15) is 18.1 Å². The smallest absolute Gasteiger partial charge is 0.287 e. The minimum Gasteiger partial charge on any atom is -0.486 e. The van der Waals surface area contributed by atoms with Crippen molar-refractivity contribution < 1.29 is 18.7 Å². The van der Waals surface area contributed by atoms with Crippen molar-refractivity contribution in [3.8, 4) is 5.75 Å². The fourth-order valence-electron chi connectivity index (χ4n) is 3.04. The first-order chi connectivity index (χ1) is 13.1. The Balaban J connectivity index is 1.37. The SMILES string of the molecule is O=C(NCCNC(=O)C1CCCC1)c1ccc(COc2ccc(Br)cc2)o1. The second-order valence-corrected chi connectivity index (χ2v) is 7.45. The summed E-state index contributed by atoms with van der Waals surface area (Å²) >= 11 is 3.37. The molecule has 0 bridgehead atoms. The zero-order valence-corrected chi connectivity index (χ0v) is 16.6. The Kier molecular flexibility index (Phi) is 6.92. The van der Waals surface area contributed by atoms with E-state index in [1.165, 1.54) is 0 Å². The van der Waals surface area contributed by atoms with Crippen LogP contribution in [0.15, 0.2) is 45.3 Å². The number of halogens is 1. The number of carbonyl (C=O) groups is 2. The molecular weight excluding hydrogens is 412 g/mol. The molecule has 0 saturated heterocycles. The van der Waals surface area contributed by atoms with Gasteiger partial charge in [-0.2, -0.15) is 0 Å². The number of ether oxygens (including phenoxy) is 1. The van der Waals surface area contributed by atoms with E-state index in [0.717, 1.165) is 35.9 Å². The van der Waals surface area contributed by atoms with Crippen LogP contribution in [0.3, 0.4) is 0 Å². The van der Waals surface area contributed by atoms with Gasteiger partial charge in [0.2, 0.25) is 5.91 Å². The molecule has 0 aliphatic heterocycles. The van der Waals surface area contributed by atoms with E-state index in [2.05, 4.69) is 26.6 Å². The van der Waals surface area contributed by atoms with Crippen molar-refractivity contribution in [2.24, 2.45) is 5.92 Å². The van der Waals surface area contributed by atoms with Crippen LogP contribution in [0, 0.1) is 5.92 Å². The number of hydrogen-bond acceptors (Lipinski definition) is 4. The van der Waals surface area contributed by atoms with Crippen LogP contribution in [-0.2, 0) is 11.4 Å². The first kappa shape index (κ1) is 19.5. The van der Waals surface area contributed by atoms with E-state index in [1.54, 1.807) is 12.1 Å². The van der Waals surface area contributed by atoms with E-state index < -0.39 is 0 Å². The lowest BCUT2D eigenvalue weighted by Gasteiger charge is -2.10. The number of furan rings is 1. The fraction of sp³-hybridized carbons (Fsp3) is 0.400. The molecule has 0 unspecified atom stereocenters. The van der Waals surface area contributed by atoms with Gasteiger partial charge in [-0.15, -0.1) is 0 Å². The Labute approximate surface area is 166 Å². The molecule has 1 saturated carbocycles. The van der Waals surface area contributed by atoms with Crippen molar-refractivity contribution in [3.05, 3.63) is 52.4 Å². The summed E-state index contributed by atoms with van der Waals surface area (Å²) in [7, 11) is 0. The van der Waals surface area contributed by atoms with E-state index in [9.17, 15) is 9.59 Å². The summed E-state index contributed by atoms with van der Waals surface area (Å²) in [6, 6.07) is 10.8. The molecule has 0 atom stereocenters. The minimum absolute atomic E-state index is 0.0899. The molecule has 1 fully saturated rings. The molecule has 0 radical (unpaired) electrons. The molecule has 7 heteroatoms. The average molecular weight is 435 g/mol. The first-order valence-electron chi connectivity index (χ1n) is 9.15. The van der Waals surface area contributed by atoms with Gasteiger partial charge in [0.15, 0.2) is 5.76 Å². The highest BCUT2D eigenvalue weighted by molar-refractivity contribution is 9.10. The highest BCUT2D eigenvalue weighted by Gasteiger charge is 2.22. The van der Waals surface area contributed by atoms with Crippen molar-refractivity contribution in [1.29, 1.82) is 0 Å². The topological polar surface area (TPSA) is 80.6 Å². The standard InChI is InChI=1S/C20H23BrN2O4/c21-15-5-7-16(8-6-15)26-13-17-9-10-18(27-17)20(25)23-12-11-22-19(24)14-3-1-2-4-14/h5-10,14H,1-4,11-13H2,(H,22,24)(H,23,25). The Bertz CT molecular complexity index is 767. The average Bonchev–Trinajstić information content (AvgIpc) is 3.36. The zero-order chi connectivity index (χ0) is 19.1. The molecule has 1 aliphatic carbocycles. The lowest BCUT2D eigenvalue weighted by molar-refractivity contribution is -0.124. The van der Waals surface area contributed by atoms with Crippen LogP contribution >= 0.6 is 15.9 Å². The van der Waals surface area contributed by atoms with Crippen LogP contribution in [0.4, 0.5) is 0 Å². The van der Waals surface area contributed by atoms with E-state index in [0.29, 0.717) is 18.8 Å². The Morgan fingerprint density at radius 3 is 2.48 bits per heavy atom. The van der Waals surface area contributed by atoms with Crippen LogP contribution < -0.4 is 15.4 Å². The quantitative estimate of drug-likeness (QED) is 0.621. The van der Waals surface area contributed by atoms with E-state index in [4.69, 9.17) is 9.15 Å². The third-order valence-electron chi connectivity index (χ3n) is 4.52. The van der Waals surface area contributed by atoms with Gasteiger partial charge in [0.05, 0.1) is 0 Å².